The van der Waals surface area contributed by atoms with Gasteiger partial charge in [0.1, 0.15) is 5.75 Å². The average Bonchev–Trinajstić information content (AvgIpc) is 2.15. The van der Waals surface area contributed by atoms with Crippen molar-refractivity contribution in [1.82, 2.24) is 0 Å². The van der Waals surface area contributed by atoms with E-state index in [1.807, 2.05) is 24.3 Å². The molecule has 4 nitrogen and oxygen atoms in total. The summed E-state index contributed by atoms with van der Waals surface area (Å²) in [4.78, 5) is 0. The Bertz CT molecular complexity index is 439. The van der Waals surface area contributed by atoms with Gasteiger partial charge in [-0.2, -0.15) is 8.42 Å². The molecule has 0 radical (unpaired) electrons. The van der Waals surface area contributed by atoms with E-state index in [0.29, 0.717) is 6.42 Å². The van der Waals surface area contributed by atoms with Crippen LogP contribution in [0.5, 0.6) is 5.75 Å². The van der Waals surface area contributed by atoms with Crippen molar-refractivity contribution in [3.8, 4) is 5.75 Å². The van der Waals surface area contributed by atoms with Crippen molar-refractivity contribution < 1.29 is 17.7 Å². The van der Waals surface area contributed by atoms with Crippen molar-refractivity contribution in [3.63, 3.8) is 0 Å². The van der Waals surface area contributed by atoms with Crippen molar-refractivity contribution in [2.45, 2.75) is 13.3 Å². The second kappa shape index (κ2) is 5.32. The molecule has 0 fully saturated rings. The Morgan fingerprint density at radius 1 is 1.44 bits per heavy atom. The van der Waals surface area contributed by atoms with Gasteiger partial charge in [0.2, 0.25) is 0 Å². The Morgan fingerprint density at radius 3 is 2.69 bits per heavy atom. The number of hydrogen-bond donors (Lipinski definition) is 1. The zero-order chi connectivity index (χ0) is 12.2. The molecule has 1 aromatic rings. The molecule has 0 aliphatic rings. The van der Waals surface area contributed by atoms with E-state index < -0.39 is 10.1 Å². The van der Waals surface area contributed by atoms with Crippen molar-refractivity contribution in [2.24, 2.45) is 5.92 Å². The van der Waals surface area contributed by atoms with Crippen LogP contribution in [0.4, 0.5) is 0 Å². The minimum Gasteiger partial charge on any atom is -0.497 e. The predicted octanol–water partition coefficient (Wildman–Crippen LogP) is 1.76. The summed E-state index contributed by atoms with van der Waals surface area (Å²) >= 11 is 0. The molecule has 16 heavy (non-hydrogen) atoms. The maximum Gasteiger partial charge on any atom is 0.265 e. The lowest BCUT2D eigenvalue weighted by molar-refractivity contribution is 0.414. The lowest BCUT2D eigenvalue weighted by Crippen LogP contribution is -2.14. The maximum atomic E-state index is 10.7. The van der Waals surface area contributed by atoms with Gasteiger partial charge in [0, 0.05) is 0 Å². The molecule has 0 saturated heterocycles. The number of ether oxygens (including phenoxy) is 1. The van der Waals surface area contributed by atoms with Crippen LogP contribution in [-0.2, 0) is 16.5 Å². The highest BCUT2D eigenvalue weighted by Gasteiger charge is 2.12. The van der Waals surface area contributed by atoms with E-state index in [1.165, 1.54) is 0 Å². The number of rotatable bonds is 5. The summed E-state index contributed by atoms with van der Waals surface area (Å²) in [5, 5.41) is 0. The minimum atomic E-state index is -3.89. The Labute approximate surface area is 96.0 Å². The first-order valence-corrected chi connectivity index (χ1v) is 6.59. The Balaban J connectivity index is 2.65. The SMILES string of the molecule is COc1cccc(C[C@@H](C)CS(=O)(=O)O)c1. The minimum absolute atomic E-state index is 0.123. The molecule has 0 spiro atoms. The third-order valence-electron chi connectivity index (χ3n) is 2.21. The quantitative estimate of drug-likeness (QED) is 0.802. The smallest absolute Gasteiger partial charge is 0.265 e. The molecule has 0 amide bonds. The fourth-order valence-electron chi connectivity index (χ4n) is 1.62. The van der Waals surface area contributed by atoms with Gasteiger partial charge in [-0.05, 0) is 30.0 Å². The number of hydrogen-bond acceptors (Lipinski definition) is 3. The molecule has 0 heterocycles. The maximum absolute atomic E-state index is 10.7. The molecule has 90 valence electrons. The predicted molar refractivity (Wildman–Crippen MR) is 62.3 cm³/mol. The monoisotopic (exact) mass is 244 g/mol. The van der Waals surface area contributed by atoms with Gasteiger partial charge in [-0.25, -0.2) is 0 Å². The summed E-state index contributed by atoms with van der Waals surface area (Å²) in [5.41, 5.74) is 0.996. The summed E-state index contributed by atoms with van der Waals surface area (Å²) in [6.07, 6.45) is 0.594. The first-order chi connectivity index (χ1) is 7.40. The van der Waals surface area contributed by atoms with Crippen molar-refractivity contribution in [2.75, 3.05) is 12.9 Å². The Hall–Kier alpha value is -1.07. The van der Waals surface area contributed by atoms with Crippen LogP contribution in [0.15, 0.2) is 24.3 Å². The zero-order valence-electron chi connectivity index (χ0n) is 9.38. The van der Waals surface area contributed by atoms with Gasteiger partial charge in [-0.15, -0.1) is 0 Å². The average molecular weight is 244 g/mol. The van der Waals surface area contributed by atoms with Gasteiger partial charge >= 0.3 is 0 Å². The fraction of sp³-hybridized carbons (Fsp3) is 0.455. The van der Waals surface area contributed by atoms with Crippen LogP contribution in [0.2, 0.25) is 0 Å². The van der Waals surface area contributed by atoms with Crippen molar-refractivity contribution in [3.05, 3.63) is 29.8 Å². The van der Waals surface area contributed by atoms with E-state index in [4.69, 9.17) is 9.29 Å². The fourth-order valence-corrected chi connectivity index (χ4v) is 2.46. The second-order valence-electron chi connectivity index (χ2n) is 3.91. The highest BCUT2D eigenvalue weighted by molar-refractivity contribution is 7.85. The highest BCUT2D eigenvalue weighted by atomic mass is 32.2. The van der Waals surface area contributed by atoms with E-state index in [-0.39, 0.29) is 11.7 Å². The van der Waals surface area contributed by atoms with Crippen LogP contribution < -0.4 is 4.74 Å². The van der Waals surface area contributed by atoms with Crippen LogP contribution in [-0.4, -0.2) is 25.8 Å². The Kier molecular flexibility index (Phi) is 4.32. The van der Waals surface area contributed by atoms with Crippen molar-refractivity contribution in [1.29, 1.82) is 0 Å². The van der Waals surface area contributed by atoms with Gasteiger partial charge in [0.25, 0.3) is 10.1 Å². The molecule has 0 aliphatic carbocycles. The largest absolute Gasteiger partial charge is 0.497 e. The standard InChI is InChI=1S/C11H16O4S/c1-9(8-16(12,13)14)6-10-4-3-5-11(7-10)15-2/h3-5,7,9H,6,8H2,1-2H3,(H,12,13,14)/t9-/m1/s1. The van der Waals surface area contributed by atoms with Gasteiger partial charge in [0.05, 0.1) is 12.9 Å². The summed E-state index contributed by atoms with van der Waals surface area (Å²) in [6.45, 7) is 1.78. The first-order valence-electron chi connectivity index (χ1n) is 4.99. The van der Waals surface area contributed by atoms with Crippen LogP contribution in [0.25, 0.3) is 0 Å². The molecule has 0 aliphatic heterocycles. The van der Waals surface area contributed by atoms with E-state index in [2.05, 4.69) is 0 Å². The van der Waals surface area contributed by atoms with Crippen LogP contribution >= 0.6 is 0 Å². The van der Waals surface area contributed by atoms with Gasteiger partial charge in [-0.3, -0.25) is 4.55 Å². The third kappa shape index (κ3) is 4.63. The first kappa shape index (κ1) is 13.0. The summed E-state index contributed by atoms with van der Waals surface area (Å²) in [6, 6.07) is 7.45. The molecule has 0 bridgehead atoms. The molecule has 1 atom stereocenters. The Morgan fingerprint density at radius 2 is 2.12 bits per heavy atom. The van der Waals surface area contributed by atoms with Crippen LogP contribution in [0, 0.1) is 5.92 Å². The molecule has 0 aromatic heterocycles. The summed E-state index contributed by atoms with van der Waals surface area (Å²) < 4.78 is 35.2. The normalized spacial score (nSPS) is 13.4. The molecular formula is C11H16O4S. The molecule has 1 aromatic carbocycles. The lowest BCUT2D eigenvalue weighted by atomic mass is 10.0. The lowest BCUT2D eigenvalue weighted by Gasteiger charge is -2.10. The van der Waals surface area contributed by atoms with E-state index in [0.717, 1.165) is 11.3 Å². The van der Waals surface area contributed by atoms with Gasteiger partial charge < -0.3 is 4.74 Å². The van der Waals surface area contributed by atoms with Gasteiger partial charge in [-0.1, -0.05) is 19.1 Å². The van der Waals surface area contributed by atoms with Gasteiger partial charge in [0.15, 0.2) is 0 Å². The van der Waals surface area contributed by atoms with Crippen LogP contribution in [0.3, 0.4) is 0 Å². The van der Waals surface area contributed by atoms with E-state index in [9.17, 15) is 8.42 Å². The molecule has 0 saturated carbocycles. The highest BCUT2D eigenvalue weighted by Crippen LogP contribution is 2.16. The molecule has 1 N–H and O–H groups in total. The summed E-state index contributed by atoms with van der Waals surface area (Å²) in [7, 11) is -2.31. The van der Waals surface area contributed by atoms with E-state index in [1.54, 1.807) is 14.0 Å². The second-order valence-corrected chi connectivity index (χ2v) is 5.41. The van der Waals surface area contributed by atoms with Crippen LogP contribution in [0.1, 0.15) is 12.5 Å². The molecule has 0 unspecified atom stereocenters. The third-order valence-corrected chi connectivity index (χ3v) is 3.20. The van der Waals surface area contributed by atoms with E-state index >= 15 is 0 Å². The topological polar surface area (TPSA) is 63.6 Å². The zero-order valence-corrected chi connectivity index (χ0v) is 10.2. The molecule has 1 rings (SSSR count). The molecule has 5 heteroatoms. The summed E-state index contributed by atoms with van der Waals surface area (Å²) in [5.74, 6) is 0.406. The molecular weight excluding hydrogens is 228 g/mol. The number of benzene rings is 1. The number of methoxy groups -OCH3 is 1. The van der Waals surface area contributed by atoms with Crippen molar-refractivity contribution >= 4 is 10.1 Å².